The first-order valence-corrected chi connectivity index (χ1v) is 14.0. The number of rotatable bonds is 7. The molecular formula is C29H14F14O4S. The largest absolute Gasteiger partial charge is 0.497 e. The molecule has 0 fully saturated rings. The van der Waals surface area contributed by atoms with Gasteiger partial charge in [-0.25, -0.2) is 34.8 Å². The van der Waals surface area contributed by atoms with Crippen LogP contribution in [0.1, 0.15) is 16.7 Å². The van der Waals surface area contributed by atoms with E-state index in [2.05, 4.69) is 4.74 Å². The van der Waals surface area contributed by atoms with Crippen LogP contribution in [-0.4, -0.2) is 27.9 Å². The minimum Gasteiger partial charge on any atom is -0.497 e. The lowest BCUT2D eigenvalue weighted by molar-refractivity contribution is -0.288. The Bertz CT molecular complexity index is 1930. The molecule has 0 heterocycles. The van der Waals surface area contributed by atoms with Gasteiger partial charge in [0.15, 0.2) is 34.9 Å². The molecule has 0 aliphatic heterocycles. The number of ether oxygens (including phenoxy) is 2. The molecule has 0 saturated heterocycles. The van der Waals surface area contributed by atoms with Gasteiger partial charge in [0.25, 0.3) is 0 Å². The molecule has 258 valence electrons. The van der Waals surface area contributed by atoms with Crippen molar-refractivity contribution in [3.8, 4) is 17.2 Å². The highest BCUT2D eigenvalue weighted by molar-refractivity contribution is 7.91. The molecule has 0 aliphatic carbocycles. The van der Waals surface area contributed by atoms with Gasteiger partial charge in [0.1, 0.15) is 21.3 Å². The van der Waals surface area contributed by atoms with Gasteiger partial charge in [-0.05, 0) is 42.3 Å². The molecule has 0 aliphatic rings. The van der Waals surface area contributed by atoms with Crippen molar-refractivity contribution in [3.63, 3.8) is 0 Å². The summed E-state index contributed by atoms with van der Waals surface area (Å²) < 4.78 is 237. The lowest BCUT2D eigenvalue weighted by atomic mass is 9.73. The number of sulfone groups is 1. The minimum absolute atomic E-state index is 0.100. The molecule has 0 atom stereocenters. The molecule has 4 rings (SSSR count). The van der Waals surface area contributed by atoms with Crippen molar-refractivity contribution in [2.45, 2.75) is 34.5 Å². The maximum absolute atomic E-state index is 14.9. The van der Waals surface area contributed by atoms with Gasteiger partial charge < -0.3 is 9.47 Å². The van der Waals surface area contributed by atoms with Crippen LogP contribution in [0.15, 0.2) is 58.3 Å². The monoisotopic (exact) mass is 724 g/mol. The Labute approximate surface area is 260 Å². The van der Waals surface area contributed by atoms with Crippen molar-refractivity contribution < 1.29 is 79.4 Å². The summed E-state index contributed by atoms with van der Waals surface area (Å²) in [6, 6.07) is 3.47. The van der Waals surface area contributed by atoms with E-state index >= 15 is 0 Å². The summed E-state index contributed by atoms with van der Waals surface area (Å²) in [5.41, 5.74) is -8.96. The Morgan fingerprint density at radius 3 is 1.19 bits per heavy atom. The molecule has 0 bridgehead atoms. The number of hydrogen-bond acceptors (Lipinski definition) is 4. The predicted octanol–water partition coefficient (Wildman–Crippen LogP) is 9.15. The van der Waals surface area contributed by atoms with Crippen LogP contribution in [0, 0.1) is 53.5 Å². The number of methoxy groups -OCH3 is 1. The first-order chi connectivity index (χ1) is 22.0. The molecule has 4 nitrogen and oxygen atoms in total. The number of hydrogen-bond donors (Lipinski definition) is 0. The fourth-order valence-corrected chi connectivity index (χ4v) is 6.20. The second-order valence-electron chi connectivity index (χ2n) is 9.73. The first-order valence-electron chi connectivity index (χ1n) is 12.6. The second-order valence-corrected chi connectivity index (χ2v) is 11.6. The lowest BCUT2D eigenvalue weighted by Crippen LogP contribution is -2.54. The van der Waals surface area contributed by atoms with E-state index in [0.717, 1.165) is 19.2 Å². The molecule has 19 heteroatoms. The number of halogens is 14. The molecule has 0 N–H and O–H groups in total. The third-order valence-electron chi connectivity index (χ3n) is 7.04. The van der Waals surface area contributed by atoms with Crippen molar-refractivity contribution in [2.75, 3.05) is 7.11 Å². The lowest BCUT2D eigenvalue weighted by Gasteiger charge is -2.38. The van der Waals surface area contributed by atoms with E-state index < -0.39 is 112 Å². The SMILES string of the molecule is COc1ccc(C(c2ccc(Oc3c(F)c(F)c(S(=O)(=O)c4c(F)c(F)c(C)c(F)c4F)c(F)c3F)cc2)(C(F)(F)F)C(F)(F)F)cc1. The van der Waals surface area contributed by atoms with Gasteiger partial charge in [-0.2, -0.15) is 35.1 Å². The van der Waals surface area contributed by atoms with Crippen LogP contribution in [0.5, 0.6) is 17.2 Å². The highest BCUT2D eigenvalue weighted by atomic mass is 32.2. The normalized spacial score (nSPS) is 12.8. The zero-order valence-electron chi connectivity index (χ0n) is 23.5. The maximum Gasteiger partial charge on any atom is 0.411 e. The summed E-state index contributed by atoms with van der Waals surface area (Å²) in [6.07, 6.45) is -12.1. The molecule has 0 unspecified atom stereocenters. The molecule has 4 aromatic carbocycles. The highest BCUT2D eigenvalue weighted by Crippen LogP contribution is 2.56. The average Bonchev–Trinajstić information content (AvgIpc) is 3.00. The van der Waals surface area contributed by atoms with Crippen LogP contribution < -0.4 is 9.47 Å². The van der Waals surface area contributed by atoms with E-state index in [1.165, 1.54) is 0 Å². The van der Waals surface area contributed by atoms with Crippen LogP contribution in [0.3, 0.4) is 0 Å². The zero-order chi connectivity index (χ0) is 36.3. The second kappa shape index (κ2) is 12.2. The molecular weight excluding hydrogens is 710 g/mol. The van der Waals surface area contributed by atoms with Crippen molar-refractivity contribution >= 4 is 9.84 Å². The van der Waals surface area contributed by atoms with Gasteiger partial charge in [-0.15, -0.1) is 0 Å². The molecule has 0 aromatic heterocycles. The van der Waals surface area contributed by atoms with Gasteiger partial charge in [-0.1, -0.05) is 24.3 Å². The van der Waals surface area contributed by atoms with Crippen molar-refractivity contribution in [1.82, 2.24) is 0 Å². The molecule has 0 saturated carbocycles. The van der Waals surface area contributed by atoms with Gasteiger partial charge >= 0.3 is 12.4 Å². The molecule has 0 spiro atoms. The maximum atomic E-state index is 14.9. The van der Waals surface area contributed by atoms with E-state index in [-0.39, 0.29) is 30.0 Å². The van der Waals surface area contributed by atoms with Crippen molar-refractivity contribution in [2.24, 2.45) is 0 Å². The summed E-state index contributed by atoms with van der Waals surface area (Å²) >= 11 is 0. The Morgan fingerprint density at radius 1 is 0.521 bits per heavy atom. The molecule has 0 amide bonds. The molecule has 0 radical (unpaired) electrons. The standard InChI is InChI=1S/C29H14F14O4S/c1-11-16(30)20(34)25(21(35)17(11)31)48(44,45)26-22(36)18(32)24(19(33)23(26)37)47-15-9-5-13(6-10-15)27(28(38,39)40,29(41,42)43)12-3-7-14(46-2)8-4-12/h3-10H,1-2H3. The smallest absolute Gasteiger partial charge is 0.411 e. The van der Waals surface area contributed by atoms with E-state index in [1.54, 1.807) is 0 Å². The van der Waals surface area contributed by atoms with Gasteiger partial charge in [-0.3, -0.25) is 0 Å². The van der Waals surface area contributed by atoms with E-state index in [4.69, 9.17) is 4.74 Å². The summed E-state index contributed by atoms with van der Waals surface area (Å²) in [7, 11) is -5.38. The summed E-state index contributed by atoms with van der Waals surface area (Å²) in [6.45, 7) is 0.456. The quantitative estimate of drug-likeness (QED) is 0.141. The van der Waals surface area contributed by atoms with Gasteiger partial charge in [0.2, 0.25) is 32.6 Å². The molecule has 4 aromatic rings. The fraction of sp³-hybridized carbons (Fsp3) is 0.172. The Balaban J connectivity index is 1.84. The third kappa shape index (κ3) is 5.46. The van der Waals surface area contributed by atoms with Crippen molar-refractivity contribution in [3.05, 3.63) is 112 Å². The molecule has 48 heavy (non-hydrogen) atoms. The average molecular weight is 724 g/mol. The first kappa shape index (κ1) is 36.3. The van der Waals surface area contributed by atoms with Crippen molar-refractivity contribution in [1.29, 1.82) is 0 Å². The zero-order valence-corrected chi connectivity index (χ0v) is 24.3. The third-order valence-corrected chi connectivity index (χ3v) is 8.84. The van der Waals surface area contributed by atoms with Crippen LogP contribution in [0.4, 0.5) is 61.5 Å². The number of alkyl halides is 6. The summed E-state index contributed by atoms with van der Waals surface area (Å²) in [5, 5.41) is 0. The van der Waals surface area contributed by atoms with Crippen LogP contribution in [0.25, 0.3) is 0 Å². The minimum atomic E-state index is -6.48. The van der Waals surface area contributed by atoms with Crippen LogP contribution >= 0.6 is 0 Å². The number of benzene rings is 4. The van der Waals surface area contributed by atoms with E-state index in [1.807, 2.05) is 0 Å². The summed E-state index contributed by atoms with van der Waals surface area (Å²) in [5.74, 6) is -24.7. The Morgan fingerprint density at radius 2 is 0.854 bits per heavy atom. The topological polar surface area (TPSA) is 52.6 Å². The van der Waals surface area contributed by atoms with Crippen LogP contribution in [-0.2, 0) is 15.3 Å². The Kier molecular flexibility index (Phi) is 9.19. The highest BCUT2D eigenvalue weighted by Gasteiger charge is 2.72. The van der Waals surface area contributed by atoms with Crippen LogP contribution in [0.2, 0.25) is 0 Å². The van der Waals surface area contributed by atoms with Gasteiger partial charge in [0.05, 0.1) is 7.11 Å². The van der Waals surface area contributed by atoms with Gasteiger partial charge in [0, 0.05) is 5.56 Å². The Hall–Kier alpha value is -4.55. The summed E-state index contributed by atoms with van der Waals surface area (Å²) in [4.78, 5) is -5.42. The predicted molar refractivity (Wildman–Crippen MR) is 135 cm³/mol. The van der Waals surface area contributed by atoms with E-state index in [9.17, 15) is 69.9 Å². The van der Waals surface area contributed by atoms with E-state index in [0.29, 0.717) is 19.1 Å². The fourth-order valence-electron chi connectivity index (χ4n) is 4.69.